The third-order valence-corrected chi connectivity index (χ3v) is 3.28. The van der Waals surface area contributed by atoms with Crippen molar-refractivity contribution in [2.45, 2.75) is 13.0 Å². The molecule has 22 heavy (non-hydrogen) atoms. The first-order valence-corrected chi connectivity index (χ1v) is 7.04. The average Bonchev–Trinajstić information content (AvgIpc) is 2.55. The van der Waals surface area contributed by atoms with Gasteiger partial charge in [-0.3, -0.25) is 4.79 Å². The van der Waals surface area contributed by atoms with E-state index < -0.39 is 0 Å². The Morgan fingerprint density at radius 2 is 1.59 bits per heavy atom. The molecule has 5 nitrogen and oxygen atoms in total. The second-order valence-corrected chi connectivity index (χ2v) is 4.89. The topological polar surface area (TPSA) is 70.2 Å². The van der Waals surface area contributed by atoms with E-state index in [1.807, 2.05) is 37.3 Å². The van der Waals surface area contributed by atoms with Gasteiger partial charge in [-0.25, -0.2) is 4.79 Å². The zero-order chi connectivity index (χ0) is 15.9. The first-order chi connectivity index (χ1) is 10.6. The summed E-state index contributed by atoms with van der Waals surface area (Å²) in [5.74, 6) is -0.159. The van der Waals surface area contributed by atoms with Crippen LogP contribution in [0.25, 0.3) is 0 Å². The molecule has 0 aliphatic rings. The number of hydrogen-bond acceptors (Lipinski definition) is 2. The van der Waals surface area contributed by atoms with E-state index in [1.165, 1.54) is 0 Å². The molecule has 3 N–H and O–H groups in total. The van der Waals surface area contributed by atoms with Gasteiger partial charge in [0.05, 0.1) is 6.04 Å². The molecule has 0 aromatic heterocycles. The summed E-state index contributed by atoms with van der Waals surface area (Å²) in [6.45, 7) is 1.92. The molecule has 0 aliphatic heterocycles. The first-order valence-electron chi connectivity index (χ1n) is 7.04. The standard InChI is InChI=1S/C17H19N3O2/c1-12(13-6-4-3-5-7-13)19-17(22)20-15-10-8-14(9-11-15)16(21)18-2/h3-12H,1-2H3,(H,18,21)(H2,19,20,22)/t12-/m0/s1. The number of anilines is 1. The quantitative estimate of drug-likeness (QED) is 0.812. The Morgan fingerprint density at radius 1 is 0.955 bits per heavy atom. The van der Waals surface area contributed by atoms with Crippen LogP contribution < -0.4 is 16.0 Å². The molecule has 0 heterocycles. The lowest BCUT2D eigenvalue weighted by Gasteiger charge is -2.15. The van der Waals surface area contributed by atoms with E-state index in [0.29, 0.717) is 11.3 Å². The highest BCUT2D eigenvalue weighted by molar-refractivity contribution is 5.95. The Kier molecular flexibility index (Phi) is 5.14. The summed E-state index contributed by atoms with van der Waals surface area (Å²) < 4.78 is 0. The highest BCUT2D eigenvalue weighted by atomic mass is 16.2. The summed E-state index contributed by atoms with van der Waals surface area (Å²) in [6.07, 6.45) is 0. The van der Waals surface area contributed by atoms with Crippen LogP contribution in [0, 0.1) is 0 Å². The maximum absolute atomic E-state index is 12.0. The highest BCUT2D eigenvalue weighted by Crippen LogP contribution is 2.13. The molecule has 0 radical (unpaired) electrons. The van der Waals surface area contributed by atoms with Crippen molar-refractivity contribution in [3.05, 3.63) is 65.7 Å². The summed E-state index contributed by atoms with van der Waals surface area (Å²) >= 11 is 0. The summed E-state index contributed by atoms with van der Waals surface area (Å²) in [5.41, 5.74) is 2.21. The van der Waals surface area contributed by atoms with Crippen LogP contribution in [-0.4, -0.2) is 19.0 Å². The number of nitrogens with one attached hydrogen (secondary N) is 3. The Morgan fingerprint density at radius 3 is 2.18 bits per heavy atom. The molecule has 0 saturated carbocycles. The minimum absolute atomic E-state index is 0.0913. The molecule has 0 fully saturated rings. The van der Waals surface area contributed by atoms with E-state index in [1.54, 1.807) is 31.3 Å². The predicted octanol–water partition coefficient (Wildman–Crippen LogP) is 2.93. The van der Waals surface area contributed by atoms with E-state index in [-0.39, 0.29) is 18.0 Å². The van der Waals surface area contributed by atoms with Gasteiger partial charge in [0.2, 0.25) is 0 Å². The highest BCUT2D eigenvalue weighted by Gasteiger charge is 2.09. The fourth-order valence-corrected chi connectivity index (χ4v) is 2.04. The number of carbonyl (C=O) groups excluding carboxylic acids is 2. The van der Waals surface area contributed by atoms with Crippen LogP contribution in [0.2, 0.25) is 0 Å². The Hall–Kier alpha value is -2.82. The third-order valence-electron chi connectivity index (χ3n) is 3.28. The van der Waals surface area contributed by atoms with Gasteiger partial charge in [0.25, 0.3) is 5.91 Å². The van der Waals surface area contributed by atoms with Crippen LogP contribution in [0.3, 0.4) is 0 Å². The van der Waals surface area contributed by atoms with Crippen LogP contribution in [0.4, 0.5) is 10.5 Å². The summed E-state index contributed by atoms with van der Waals surface area (Å²) in [6, 6.07) is 16.1. The molecular weight excluding hydrogens is 278 g/mol. The molecule has 114 valence electrons. The maximum Gasteiger partial charge on any atom is 0.319 e. The molecule has 0 bridgehead atoms. The van der Waals surface area contributed by atoms with Gasteiger partial charge in [-0.15, -0.1) is 0 Å². The van der Waals surface area contributed by atoms with Crippen molar-refractivity contribution in [3.63, 3.8) is 0 Å². The van der Waals surface area contributed by atoms with Crippen molar-refractivity contribution in [1.29, 1.82) is 0 Å². The summed E-state index contributed by atoms with van der Waals surface area (Å²) in [4.78, 5) is 23.4. The molecular formula is C17H19N3O2. The van der Waals surface area contributed by atoms with Gasteiger partial charge in [-0.05, 0) is 36.8 Å². The lowest BCUT2D eigenvalue weighted by molar-refractivity contribution is 0.0963. The van der Waals surface area contributed by atoms with E-state index in [9.17, 15) is 9.59 Å². The summed E-state index contributed by atoms with van der Waals surface area (Å²) in [5, 5.41) is 8.16. The Labute approximate surface area is 129 Å². The normalized spacial score (nSPS) is 11.4. The first kappa shape index (κ1) is 15.6. The number of amides is 3. The molecule has 3 amide bonds. The zero-order valence-corrected chi connectivity index (χ0v) is 12.6. The summed E-state index contributed by atoms with van der Waals surface area (Å²) in [7, 11) is 1.58. The molecule has 0 unspecified atom stereocenters. The predicted molar refractivity (Wildman–Crippen MR) is 86.8 cm³/mol. The van der Waals surface area contributed by atoms with Crippen molar-refractivity contribution in [3.8, 4) is 0 Å². The maximum atomic E-state index is 12.0. The van der Waals surface area contributed by atoms with E-state index in [0.717, 1.165) is 5.56 Å². The van der Waals surface area contributed by atoms with Crippen molar-refractivity contribution >= 4 is 17.6 Å². The van der Waals surface area contributed by atoms with Crippen molar-refractivity contribution in [2.75, 3.05) is 12.4 Å². The largest absolute Gasteiger partial charge is 0.355 e. The second kappa shape index (κ2) is 7.26. The van der Waals surface area contributed by atoms with E-state index in [4.69, 9.17) is 0 Å². The lowest BCUT2D eigenvalue weighted by Crippen LogP contribution is -2.31. The fourth-order valence-electron chi connectivity index (χ4n) is 2.04. The molecule has 2 rings (SSSR count). The SMILES string of the molecule is CNC(=O)c1ccc(NC(=O)N[C@@H](C)c2ccccc2)cc1. The monoisotopic (exact) mass is 297 g/mol. The number of benzene rings is 2. The van der Waals surface area contributed by atoms with E-state index >= 15 is 0 Å². The number of rotatable bonds is 4. The van der Waals surface area contributed by atoms with E-state index in [2.05, 4.69) is 16.0 Å². The zero-order valence-electron chi connectivity index (χ0n) is 12.6. The van der Waals surface area contributed by atoms with Gasteiger partial charge in [-0.1, -0.05) is 30.3 Å². The van der Waals surface area contributed by atoms with Gasteiger partial charge in [-0.2, -0.15) is 0 Å². The molecule has 0 saturated heterocycles. The van der Waals surface area contributed by atoms with Crippen LogP contribution in [0.15, 0.2) is 54.6 Å². The minimum atomic E-state index is -0.288. The van der Waals surface area contributed by atoms with Crippen LogP contribution in [0.5, 0.6) is 0 Å². The van der Waals surface area contributed by atoms with Gasteiger partial charge in [0.1, 0.15) is 0 Å². The van der Waals surface area contributed by atoms with Crippen molar-refractivity contribution < 1.29 is 9.59 Å². The van der Waals surface area contributed by atoms with Crippen molar-refractivity contribution in [1.82, 2.24) is 10.6 Å². The Balaban J connectivity index is 1.93. The fraction of sp³-hybridized carbons (Fsp3) is 0.176. The van der Waals surface area contributed by atoms with Crippen LogP contribution >= 0.6 is 0 Å². The second-order valence-electron chi connectivity index (χ2n) is 4.89. The van der Waals surface area contributed by atoms with Crippen LogP contribution in [-0.2, 0) is 0 Å². The molecule has 1 atom stereocenters. The smallest absolute Gasteiger partial charge is 0.319 e. The molecule has 2 aromatic rings. The van der Waals surface area contributed by atoms with Gasteiger partial charge in [0.15, 0.2) is 0 Å². The number of hydrogen-bond donors (Lipinski definition) is 3. The van der Waals surface area contributed by atoms with Gasteiger partial charge >= 0.3 is 6.03 Å². The van der Waals surface area contributed by atoms with Gasteiger partial charge < -0.3 is 16.0 Å². The molecule has 0 aliphatic carbocycles. The van der Waals surface area contributed by atoms with Gasteiger partial charge in [0, 0.05) is 18.3 Å². The van der Waals surface area contributed by atoms with Crippen LogP contribution in [0.1, 0.15) is 28.9 Å². The van der Waals surface area contributed by atoms with Crippen molar-refractivity contribution in [2.24, 2.45) is 0 Å². The number of carbonyl (C=O) groups is 2. The minimum Gasteiger partial charge on any atom is -0.355 e. The third kappa shape index (κ3) is 4.09. The molecule has 2 aromatic carbocycles. The number of urea groups is 1. The average molecular weight is 297 g/mol. The Bertz CT molecular complexity index is 639. The molecule has 5 heteroatoms. The molecule has 0 spiro atoms. The lowest BCUT2D eigenvalue weighted by atomic mass is 10.1.